The Morgan fingerprint density at radius 3 is 2.81 bits per heavy atom. The van der Waals surface area contributed by atoms with Gasteiger partial charge in [-0.15, -0.1) is 11.3 Å². The van der Waals surface area contributed by atoms with E-state index in [0.717, 1.165) is 17.3 Å². The number of hydrogen-bond donors (Lipinski definition) is 1. The van der Waals surface area contributed by atoms with Crippen LogP contribution in [-0.2, 0) is 4.79 Å². The molecular weight excluding hydrogens is 306 g/mol. The number of anilines is 1. The monoisotopic (exact) mass is 321 g/mol. The molecule has 110 valence electrons. The zero-order valence-electron chi connectivity index (χ0n) is 11.8. The van der Waals surface area contributed by atoms with Crippen molar-refractivity contribution in [3.63, 3.8) is 0 Å². The van der Waals surface area contributed by atoms with Crippen LogP contribution in [0.3, 0.4) is 0 Å². The zero-order valence-corrected chi connectivity index (χ0v) is 13.4. The lowest BCUT2D eigenvalue weighted by atomic mass is 10.1. The Hall–Kier alpha value is -1.78. The molecular formula is C16H16ClNO2S. The summed E-state index contributed by atoms with van der Waals surface area (Å²) in [5.74, 6) is -0.968. The lowest BCUT2D eigenvalue weighted by Gasteiger charge is -2.28. The highest BCUT2D eigenvalue weighted by Gasteiger charge is 2.16. The van der Waals surface area contributed by atoms with E-state index in [1.54, 1.807) is 23.5 Å². The van der Waals surface area contributed by atoms with E-state index in [9.17, 15) is 4.79 Å². The molecule has 0 amide bonds. The number of rotatable bonds is 5. The molecule has 5 heteroatoms. The first-order valence-corrected chi connectivity index (χ1v) is 7.71. The summed E-state index contributed by atoms with van der Waals surface area (Å²) in [6, 6.07) is 9.73. The number of hydrogen-bond acceptors (Lipinski definition) is 3. The van der Waals surface area contributed by atoms with Gasteiger partial charge in [0.05, 0.1) is 6.04 Å². The molecule has 2 aromatic rings. The second-order valence-electron chi connectivity index (χ2n) is 4.68. The van der Waals surface area contributed by atoms with Crippen molar-refractivity contribution >= 4 is 40.7 Å². The number of benzene rings is 1. The van der Waals surface area contributed by atoms with Crippen LogP contribution in [0.15, 0.2) is 41.8 Å². The molecule has 0 aliphatic heterocycles. The van der Waals surface area contributed by atoms with Gasteiger partial charge in [0.2, 0.25) is 0 Å². The highest BCUT2D eigenvalue weighted by Crippen LogP contribution is 2.32. The molecule has 0 bridgehead atoms. The molecule has 0 fully saturated rings. The summed E-state index contributed by atoms with van der Waals surface area (Å²) in [6.07, 6.45) is 2.72. The van der Waals surface area contributed by atoms with Gasteiger partial charge in [0.25, 0.3) is 0 Å². The summed E-state index contributed by atoms with van der Waals surface area (Å²) < 4.78 is 0. The molecule has 3 nitrogen and oxygen atoms in total. The number of nitrogens with zero attached hydrogens (tertiary/aromatic N) is 1. The number of carboxylic acid groups (broad SMARTS) is 1. The van der Waals surface area contributed by atoms with E-state index in [-0.39, 0.29) is 6.04 Å². The van der Waals surface area contributed by atoms with Crippen molar-refractivity contribution in [2.75, 3.05) is 11.9 Å². The molecule has 1 aromatic heterocycles. The molecule has 1 aromatic carbocycles. The summed E-state index contributed by atoms with van der Waals surface area (Å²) in [6.45, 7) is 2.11. The minimum absolute atomic E-state index is 0.181. The first kappa shape index (κ1) is 15.6. The van der Waals surface area contributed by atoms with Gasteiger partial charge < -0.3 is 10.0 Å². The Morgan fingerprint density at radius 1 is 1.43 bits per heavy atom. The fraction of sp³-hybridized carbons (Fsp3) is 0.188. The first-order chi connectivity index (χ1) is 9.99. The fourth-order valence-electron chi connectivity index (χ4n) is 2.05. The van der Waals surface area contributed by atoms with Gasteiger partial charge in [0.15, 0.2) is 0 Å². The van der Waals surface area contributed by atoms with Crippen LogP contribution < -0.4 is 4.90 Å². The second kappa shape index (κ2) is 6.78. The van der Waals surface area contributed by atoms with E-state index in [2.05, 4.69) is 17.9 Å². The van der Waals surface area contributed by atoms with Crippen LogP contribution in [-0.4, -0.2) is 18.1 Å². The van der Waals surface area contributed by atoms with Crippen molar-refractivity contribution in [2.24, 2.45) is 0 Å². The van der Waals surface area contributed by atoms with Gasteiger partial charge in [0, 0.05) is 28.7 Å². The summed E-state index contributed by atoms with van der Waals surface area (Å²) in [7, 11) is 1.98. The predicted octanol–water partition coefficient (Wildman–Crippen LogP) is 4.70. The van der Waals surface area contributed by atoms with Gasteiger partial charge in [-0.25, -0.2) is 4.79 Å². The van der Waals surface area contributed by atoms with Gasteiger partial charge in [-0.1, -0.05) is 23.7 Å². The maximum atomic E-state index is 10.7. The molecule has 0 aliphatic rings. The van der Waals surface area contributed by atoms with Gasteiger partial charge in [-0.05, 0) is 42.1 Å². The average Bonchev–Trinajstić information content (AvgIpc) is 2.98. The third kappa shape index (κ3) is 3.86. The van der Waals surface area contributed by atoms with Crippen molar-refractivity contribution < 1.29 is 9.90 Å². The van der Waals surface area contributed by atoms with Crippen LogP contribution in [0.4, 0.5) is 5.69 Å². The normalized spacial score (nSPS) is 12.5. The van der Waals surface area contributed by atoms with E-state index in [1.165, 1.54) is 4.88 Å². The smallest absolute Gasteiger partial charge is 0.328 e. The van der Waals surface area contributed by atoms with E-state index >= 15 is 0 Å². The topological polar surface area (TPSA) is 40.5 Å². The molecule has 1 unspecified atom stereocenters. The standard InChI is InChI=1S/C16H16ClNO2S/c1-11(15-4-3-9-21-15)18(2)14-10-13(17)7-5-12(14)6-8-16(19)20/h3-11H,1-2H3,(H,19,20)/b8-6+. The molecule has 21 heavy (non-hydrogen) atoms. The Bertz CT molecular complexity index is 652. The highest BCUT2D eigenvalue weighted by molar-refractivity contribution is 7.10. The summed E-state index contributed by atoms with van der Waals surface area (Å²) in [5.41, 5.74) is 1.73. The number of thiophene rings is 1. The SMILES string of the molecule is CC(c1cccs1)N(C)c1cc(Cl)ccc1/C=C/C(=O)O. The van der Waals surface area contributed by atoms with Gasteiger partial charge >= 0.3 is 5.97 Å². The van der Waals surface area contributed by atoms with E-state index in [1.807, 2.05) is 30.6 Å². The number of carbonyl (C=O) groups is 1. The van der Waals surface area contributed by atoms with E-state index < -0.39 is 5.97 Å². The van der Waals surface area contributed by atoms with Crippen LogP contribution in [0.1, 0.15) is 23.4 Å². The third-order valence-corrected chi connectivity index (χ3v) is 4.59. The molecule has 0 saturated heterocycles. The van der Waals surface area contributed by atoms with Crippen molar-refractivity contribution in [3.05, 3.63) is 57.3 Å². The largest absolute Gasteiger partial charge is 0.478 e. The van der Waals surface area contributed by atoms with Crippen molar-refractivity contribution in [2.45, 2.75) is 13.0 Å². The minimum Gasteiger partial charge on any atom is -0.478 e. The Balaban J connectivity index is 2.37. The molecule has 1 N–H and O–H groups in total. The van der Waals surface area contributed by atoms with Gasteiger partial charge in [-0.3, -0.25) is 0 Å². The van der Waals surface area contributed by atoms with Crippen molar-refractivity contribution in [3.8, 4) is 0 Å². The predicted molar refractivity (Wildman–Crippen MR) is 89.3 cm³/mol. The van der Waals surface area contributed by atoms with E-state index in [0.29, 0.717) is 5.02 Å². The van der Waals surface area contributed by atoms with Gasteiger partial charge in [-0.2, -0.15) is 0 Å². The number of carboxylic acids is 1. The third-order valence-electron chi connectivity index (χ3n) is 3.31. The molecule has 0 aliphatic carbocycles. The summed E-state index contributed by atoms with van der Waals surface area (Å²) in [4.78, 5) is 14.1. The number of aliphatic carboxylic acids is 1. The van der Waals surface area contributed by atoms with Crippen LogP contribution in [0.25, 0.3) is 6.08 Å². The van der Waals surface area contributed by atoms with E-state index in [4.69, 9.17) is 16.7 Å². The first-order valence-electron chi connectivity index (χ1n) is 6.46. The Labute approximate surface area is 133 Å². The van der Waals surface area contributed by atoms with Crippen LogP contribution >= 0.6 is 22.9 Å². The lowest BCUT2D eigenvalue weighted by Crippen LogP contribution is -2.21. The number of halogens is 1. The zero-order chi connectivity index (χ0) is 15.4. The van der Waals surface area contributed by atoms with Crippen molar-refractivity contribution in [1.29, 1.82) is 0 Å². The Morgan fingerprint density at radius 2 is 2.19 bits per heavy atom. The average molecular weight is 322 g/mol. The second-order valence-corrected chi connectivity index (χ2v) is 6.09. The molecule has 0 spiro atoms. The maximum absolute atomic E-state index is 10.7. The highest BCUT2D eigenvalue weighted by atomic mass is 35.5. The van der Waals surface area contributed by atoms with Crippen LogP contribution in [0.2, 0.25) is 5.02 Å². The van der Waals surface area contributed by atoms with Crippen LogP contribution in [0, 0.1) is 0 Å². The van der Waals surface area contributed by atoms with Gasteiger partial charge in [0.1, 0.15) is 0 Å². The molecule has 0 radical (unpaired) electrons. The quantitative estimate of drug-likeness (QED) is 0.812. The Kier molecular flexibility index (Phi) is 5.04. The molecule has 1 atom stereocenters. The molecule has 2 rings (SSSR count). The van der Waals surface area contributed by atoms with Crippen LogP contribution in [0.5, 0.6) is 0 Å². The summed E-state index contributed by atoms with van der Waals surface area (Å²) >= 11 is 7.78. The molecule has 0 saturated carbocycles. The minimum atomic E-state index is -0.968. The lowest BCUT2D eigenvalue weighted by molar-refractivity contribution is -0.131. The fourth-order valence-corrected chi connectivity index (χ4v) is 3.05. The maximum Gasteiger partial charge on any atom is 0.328 e. The van der Waals surface area contributed by atoms with Crippen molar-refractivity contribution in [1.82, 2.24) is 0 Å². The summed E-state index contributed by atoms with van der Waals surface area (Å²) in [5, 5.41) is 11.5. The molecule has 1 heterocycles.